The van der Waals surface area contributed by atoms with Gasteiger partial charge in [0.15, 0.2) is 0 Å². The summed E-state index contributed by atoms with van der Waals surface area (Å²) in [5.74, 6) is -1.19. The number of nitrogens with one attached hydrogen (secondary N) is 1. The van der Waals surface area contributed by atoms with Crippen molar-refractivity contribution in [2.75, 3.05) is 0 Å². The van der Waals surface area contributed by atoms with Crippen LogP contribution in [0.25, 0.3) is 5.57 Å². The first-order valence-electron chi connectivity index (χ1n) is 11.8. The second kappa shape index (κ2) is 11.1. The molecule has 3 rings (SSSR count). The van der Waals surface area contributed by atoms with Crippen LogP contribution in [0.1, 0.15) is 75.2 Å². The minimum Gasteiger partial charge on any atom is -0.481 e. The summed E-state index contributed by atoms with van der Waals surface area (Å²) in [7, 11) is 0. The Morgan fingerprint density at radius 3 is 2.56 bits per heavy atom. The third kappa shape index (κ3) is 6.13. The van der Waals surface area contributed by atoms with Gasteiger partial charge in [-0.25, -0.2) is 0 Å². The fourth-order valence-electron chi connectivity index (χ4n) is 4.43. The topological polar surface area (TPSA) is 88.4 Å². The van der Waals surface area contributed by atoms with Crippen molar-refractivity contribution in [3.8, 4) is 0 Å². The molecule has 1 aromatic carbocycles. The predicted octanol–water partition coefficient (Wildman–Crippen LogP) is 5.20. The molecule has 2 atom stereocenters. The molecule has 2 aromatic rings. The molecule has 0 radical (unpaired) electrons. The first kappa shape index (κ1) is 25.2. The lowest BCUT2D eigenvalue weighted by Crippen LogP contribution is -2.40. The van der Waals surface area contributed by atoms with E-state index in [9.17, 15) is 19.5 Å². The number of hydrogen-bond acceptors (Lipinski definition) is 3. The third-order valence-electron chi connectivity index (χ3n) is 6.26. The van der Waals surface area contributed by atoms with E-state index in [1.807, 2.05) is 39.0 Å². The second-order valence-electron chi connectivity index (χ2n) is 9.46. The van der Waals surface area contributed by atoms with Gasteiger partial charge >= 0.3 is 5.97 Å². The number of allylic oxidation sites excluding steroid dienone is 4. The highest BCUT2D eigenvalue weighted by molar-refractivity contribution is 5.82. The first-order valence-corrected chi connectivity index (χ1v) is 11.8. The number of nitrogens with zero attached hydrogens (tertiary/aromatic N) is 1. The highest BCUT2D eigenvalue weighted by atomic mass is 16.4. The van der Waals surface area contributed by atoms with Crippen molar-refractivity contribution in [2.45, 2.75) is 65.5 Å². The molecular weight excluding hydrogens is 428 g/mol. The average Bonchev–Trinajstić information content (AvgIpc) is 2.78. The zero-order valence-electron chi connectivity index (χ0n) is 20.4. The minimum absolute atomic E-state index is 0.166. The summed E-state index contributed by atoms with van der Waals surface area (Å²) in [4.78, 5) is 37.6. The van der Waals surface area contributed by atoms with Crippen molar-refractivity contribution < 1.29 is 14.7 Å². The van der Waals surface area contributed by atoms with Crippen LogP contribution in [0.4, 0.5) is 0 Å². The van der Waals surface area contributed by atoms with Crippen LogP contribution in [-0.4, -0.2) is 21.6 Å². The zero-order chi connectivity index (χ0) is 24.8. The number of amides is 1. The van der Waals surface area contributed by atoms with E-state index in [2.05, 4.69) is 24.4 Å². The zero-order valence-corrected chi connectivity index (χ0v) is 20.4. The number of carboxylic acid groups (broad SMARTS) is 1. The summed E-state index contributed by atoms with van der Waals surface area (Å²) in [6, 6.07) is 9.19. The Hall–Kier alpha value is -3.41. The Morgan fingerprint density at radius 2 is 1.91 bits per heavy atom. The molecule has 1 aliphatic carbocycles. The van der Waals surface area contributed by atoms with Crippen molar-refractivity contribution in [3.05, 3.63) is 87.4 Å². The van der Waals surface area contributed by atoms with Crippen LogP contribution >= 0.6 is 0 Å². The van der Waals surface area contributed by atoms with Gasteiger partial charge in [0.25, 0.3) is 5.56 Å². The molecule has 2 unspecified atom stereocenters. The SMILES string of the molecule is CC1=C(c2cc(C(CC(=O)O)NC(=O)C(CC(C)C)n3ccccc3=O)ccc2C)C=CCC1. The van der Waals surface area contributed by atoms with Crippen molar-refractivity contribution >= 4 is 17.4 Å². The average molecular weight is 463 g/mol. The lowest BCUT2D eigenvalue weighted by atomic mass is 9.88. The smallest absolute Gasteiger partial charge is 0.305 e. The van der Waals surface area contributed by atoms with E-state index in [0.29, 0.717) is 6.42 Å². The molecule has 1 amide bonds. The minimum atomic E-state index is -1.00. The van der Waals surface area contributed by atoms with Crippen LogP contribution in [0.15, 0.2) is 65.1 Å². The van der Waals surface area contributed by atoms with Crippen molar-refractivity contribution in [2.24, 2.45) is 5.92 Å². The van der Waals surface area contributed by atoms with Crippen LogP contribution in [0.5, 0.6) is 0 Å². The van der Waals surface area contributed by atoms with E-state index in [-0.39, 0.29) is 23.8 Å². The maximum Gasteiger partial charge on any atom is 0.305 e. The fourth-order valence-corrected chi connectivity index (χ4v) is 4.43. The Labute approximate surface area is 201 Å². The van der Waals surface area contributed by atoms with Gasteiger partial charge in [-0.05, 0) is 73.4 Å². The lowest BCUT2D eigenvalue weighted by molar-refractivity contribution is -0.138. The molecular formula is C28H34N2O4. The van der Waals surface area contributed by atoms with Gasteiger partial charge in [0.2, 0.25) is 5.91 Å². The molecule has 1 aliphatic rings. The van der Waals surface area contributed by atoms with Gasteiger partial charge < -0.3 is 15.0 Å². The normalized spacial score (nSPS) is 15.3. The number of aliphatic carboxylic acids is 1. The predicted molar refractivity (Wildman–Crippen MR) is 134 cm³/mol. The number of hydrogen-bond donors (Lipinski definition) is 2. The molecule has 1 heterocycles. The number of carbonyl (C=O) groups excluding carboxylic acids is 1. The molecule has 180 valence electrons. The Kier molecular flexibility index (Phi) is 8.26. The van der Waals surface area contributed by atoms with E-state index >= 15 is 0 Å². The molecule has 34 heavy (non-hydrogen) atoms. The van der Waals surface area contributed by atoms with E-state index in [1.54, 1.807) is 18.3 Å². The summed E-state index contributed by atoms with van der Waals surface area (Å²) >= 11 is 0. The van der Waals surface area contributed by atoms with Crippen LogP contribution in [-0.2, 0) is 9.59 Å². The molecule has 6 nitrogen and oxygen atoms in total. The summed E-state index contributed by atoms with van der Waals surface area (Å²) in [5.41, 5.74) is 5.07. The molecule has 0 fully saturated rings. The highest BCUT2D eigenvalue weighted by Gasteiger charge is 2.27. The molecule has 0 saturated carbocycles. The Morgan fingerprint density at radius 1 is 1.15 bits per heavy atom. The number of carboxylic acids is 1. The maximum absolute atomic E-state index is 13.4. The monoisotopic (exact) mass is 462 g/mol. The van der Waals surface area contributed by atoms with Gasteiger partial charge in [-0.1, -0.05) is 49.8 Å². The number of carbonyl (C=O) groups is 2. The third-order valence-corrected chi connectivity index (χ3v) is 6.26. The Bertz CT molecular complexity index is 1170. The van der Waals surface area contributed by atoms with Crippen LogP contribution in [0, 0.1) is 12.8 Å². The number of aryl methyl sites for hydroxylation is 1. The second-order valence-corrected chi connectivity index (χ2v) is 9.46. The van der Waals surface area contributed by atoms with Gasteiger partial charge in [-0.15, -0.1) is 0 Å². The number of aromatic nitrogens is 1. The van der Waals surface area contributed by atoms with Crippen molar-refractivity contribution in [1.29, 1.82) is 0 Å². The van der Waals surface area contributed by atoms with Gasteiger partial charge in [0, 0.05) is 12.3 Å². The van der Waals surface area contributed by atoms with E-state index in [4.69, 9.17) is 0 Å². The highest BCUT2D eigenvalue weighted by Crippen LogP contribution is 2.32. The number of rotatable bonds is 9. The molecule has 0 bridgehead atoms. The van der Waals surface area contributed by atoms with Gasteiger partial charge in [0.05, 0.1) is 12.5 Å². The van der Waals surface area contributed by atoms with Gasteiger partial charge in [-0.2, -0.15) is 0 Å². The summed E-state index contributed by atoms with van der Waals surface area (Å²) in [6.45, 7) is 8.13. The summed E-state index contributed by atoms with van der Waals surface area (Å²) < 4.78 is 1.43. The molecule has 1 aromatic heterocycles. The Balaban J connectivity index is 1.97. The molecule has 6 heteroatoms. The van der Waals surface area contributed by atoms with Gasteiger partial charge in [0.1, 0.15) is 6.04 Å². The van der Waals surface area contributed by atoms with Crippen LogP contribution < -0.4 is 10.9 Å². The van der Waals surface area contributed by atoms with Crippen molar-refractivity contribution in [3.63, 3.8) is 0 Å². The van der Waals surface area contributed by atoms with Crippen LogP contribution in [0.3, 0.4) is 0 Å². The largest absolute Gasteiger partial charge is 0.481 e. The van der Waals surface area contributed by atoms with E-state index in [1.165, 1.54) is 16.2 Å². The van der Waals surface area contributed by atoms with E-state index < -0.39 is 18.1 Å². The number of benzene rings is 1. The lowest BCUT2D eigenvalue weighted by Gasteiger charge is -2.25. The molecule has 0 aliphatic heterocycles. The van der Waals surface area contributed by atoms with Gasteiger partial charge in [-0.3, -0.25) is 14.4 Å². The van der Waals surface area contributed by atoms with Crippen molar-refractivity contribution in [1.82, 2.24) is 9.88 Å². The first-order chi connectivity index (χ1) is 16.2. The van der Waals surface area contributed by atoms with E-state index in [0.717, 1.165) is 35.1 Å². The number of pyridine rings is 1. The summed E-state index contributed by atoms with van der Waals surface area (Å²) in [6.07, 6.45) is 8.10. The quantitative estimate of drug-likeness (QED) is 0.536. The van der Waals surface area contributed by atoms with Crippen LogP contribution in [0.2, 0.25) is 0 Å². The molecule has 2 N–H and O–H groups in total. The molecule has 0 saturated heterocycles. The fraction of sp³-hybridized carbons (Fsp3) is 0.393. The standard InChI is InChI=1S/C28H34N2O4/c1-18(2)15-25(30-14-8-7-11-26(30)31)28(34)29-24(17-27(32)33)21-13-12-20(4)23(16-21)22-10-6-5-9-19(22)3/h6-8,10-14,16,18,24-25H,5,9,15,17H2,1-4H3,(H,29,34)(H,32,33). The summed E-state index contributed by atoms with van der Waals surface area (Å²) in [5, 5.41) is 12.5. The maximum atomic E-state index is 13.4. The molecule has 0 spiro atoms.